The van der Waals surface area contributed by atoms with Crippen molar-refractivity contribution in [1.82, 2.24) is 0 Å². The number of aryl methyl sites for hydroxylation is 1. The van der Waals surface area contributed by atoms with Crippen LogP contribution in [0.3, 0.4) is 0 Å². The van der Waals surface area contributed by atoms with Gasteiger partial charge in [0.1, 0.15) is 5.02 Å². The van der Waals surface area contributed by atoms with E-state index < -0.39 is 4.92 Å². The first-order chi connectivity index (χ1) is 8.52. The van der Waals surface area contributed by atoms with Gasteiger partial charge < -0.3 is 10.0 Å². The molecule has 0 bridgehead atoms. The van der Waals surface area contributed by atoms with E-state index in [4.69, 9.17) is 16.7 Å². The van der Waals surface area contributed by atoms with Crippen molar-refractivity contribution in [1.29, 1.82) is 0 Å². The second kappa shape index (κ2) is 5.12. The third kappa shape index (κ3) is 2.42. The van der Waals surface area contributed by atoms with Gasteiger partial charge in [-0.1, -0.05) is 11.6 Å². The van der Waals surface area contributed by atoms with Gasteiger partial charge in [-0.2, -0.15) is 0 Å². The summed E-state index contributed by atoms with van der Waals surface area (Å²) in [5.74, 6) is 0.276. The monoisotopic (exact) mass is 270 g/mol. The predicted molar refractivity (Wildman–Crippen MR) is 70.2 cm³/mol. The molecule has 0 radical (unpaired) electrons. The molecule has 1 N–H and O–H groups in total. The van der Waals surface area contributed by atoms with Gasteiger partial charge >= 0.3 is 0 Å². The van der Waals surface area contributed by atoms with Crippen LogP contribution in [0.25, 0.3) is 0 Å². The molecule has 1 aliphatic heterocycles. The third-order valence-corrected chi connectivity index (χ3v) is 3.65. The minimum Gasteiger partial charge on any atom is -0.396 e. The van der Waals surface area contributed by atoms with Crippen LogP contribution in [0.5, 0.6) is 0 Å². The molecule has 0 aliphatic carbocycles. The van der Waals surface area contributed by atoms with E-state index in [1.54, 1.807) is 6.07 Å². The first-order valence-electron chi connectivity index (χ1n) is 5.83. The fourth-order valence-corrected chi connectivity index (χ4v) is 2.56. The van der Waals surface area contributed by atoms with Crippen LogP contribution in [-0.4, -0.2) is 29.7 Å². The van der Waals surface area contributed by atoms with Gasteiger partial charge in [0.2, 0.25) is 0 Å². The number of anilines is 1. The lowest BCUT2D eigenvalue weighted by molar-refractivity contribution is -0.384. The van der Waals surface area contributed by atoms with E-state index in [-0.39, 0.29) is 23.2 Å². The van der Waals surface area contributed by atoms with E-state index in [2.05, 4.69) is 4.90 Å². The third-order valence-electron chi connectivity index (χ3n) is 3.35. The quantitative estimate of drug-likeness (QED) is 0.676. The molecule has 0 aromatic heterocycles. The molecule has 6 heteroatoms. The average Bonchev–Trinajstić information content (AvgIpc) is 2.79. The first-order valence-corrected chi connectivity index (χ1v) is 6.21. The molecule has 1 aliphatic rings. The summed E-state index contributed by atoms with van der Waals surface area (Å²) in [6.07, 6.45) is 0.935. The number of halogens is 1. The minimum atomic E-state index is -0.473. The topological polar surface area (TPSA) is 66.6 Å². The number of nitro benzene ring substituents is 1. The first kappa shape index (κ1) is 13.1. The number of nitro groups is 1. The SMILES string of the molecule is Cc1cc([N+](=O)[O-])c(Cl)cc1N1CCC(CO)C1. The largest absolute Gasteiger partial charge is 0.396 e. The molecule has 1 heterocycles. The Kier molecular flexibility index (Phi) is 3.73. The maximum atomic E-state index is 10.8. The van der Waals surface area contributed by atoms with Gasteiger partial charge in [0.25, 0.3) is 5.69 Å². The van der Waals surface area contributed by atoms with Crippen molar-refractivity contribution in [2.24, 2.45) is 5.92 Å². The highest BCUT2D eigenvalue weighted by atomic mass is 35.5. The van der Waals surface area contributed by atoms with Gasteiger partial charge in [-0.3, -0.25) is 10.1 Å². The van der Waals surface area contributed by atoms with Crippen molar-refractivity contribution in [3.8, 4) is 0 Å². The second-order valence-corrected chi connectivity index (χ2v) is 5.04. The maximum Gasteiger partial charge on any atom is 0.288 e. The highest BCUT2D eigenvalue weighted by Gasteiger charge is 2.25. The van der Waals surface area contributed by atoms with Crippen molar-refractivity contribution in [3.63, 3.8) is 0 Å². The van der Waals surface area contributed by atoms with Crippen molar-refractivity contribution in [2.45, 2.75) is 13.3 Å². The van der Waals surface area contributed by atoms with Crippen LogP contribution in [0, 0.1) is 23.0 Å². The second-order valence-electron chi connectivity index (χ2n) is 4.63. The van der Waals surface area contributed by atoms with Gasteiger partial charge in [0.05, 0.1) is 4.92 Å². The van der Waals surface area contributed by atoms with Crippen molar-refractivity contribution in [2.75, 3.05) is 24.6 Å². The number of aliphatic hydroxyl groups is 1. The molecule has 5 nitrogen and oxygen atoms in total. The molecule has 2 rings (SSSR count). The number of benzene rings is 1. The van der Waals surface area contributed by atoms with E-state index in [0.717, 1.165) is 30.8 Å². The minimum absolute atomic E-state index is 0.0594. The van der Waals surface area contributed by atoms with Crippen LogP contribution in [0.2, 0.25) is 5.02 Å². The maximum absolute atomic E-state index is 10.8. The smallest absolute Gasteiger partial charge is 0.288 e. The van der Waals surface area contributed by atoms with Crippen LogP contribution in [0.4, 0.5) is 11.4 Å². The van der Waals surface area contributed by atoms with Gasteiger partial charge in [-0.15, -0.1) is 0 Å². The zero-order chi connectivity index (χ0) is 13.3. The Morgan fingerprint density at radius 1 is 1.61 bits per heavy atom. The molecule has 1 aromatic rings. The molecule has 98 valence electrons. The lowest BCUT2D eigenvalue weighted by Crippen LogP contribution is -2.21. The van der Waals surface area contributed by atoms with E-state index in [9.17, 15) is 10.1 Å². The van der Waals surface area contributed by atoms with Gasteiger partial charge in [0.15, 0.2) is 0 Å². The molecule has 0 amide bonds. The Bertz CT molecular complexity index is 479. The van der Waals surface area contributed by atoms with Crippen LogP contribution in [0.1, 0.15) is 12.0 Å². The number of nitrogens with zero attached hydrogens (tertiary/aromatic N) is 2. The summed E-state index contributed by atoms with van der Waals surface area (Å²) in [6.45, 7) is 3.63. The zero-order valence-electron chi connectivity index (χ0n) is 10.1. The van der Waals surface area contributed by atoms with E-state index in [0.29, 0.717) is 0 Å². The molecule has 0 saturated carbocycles. The summed E-state index contributed by atoms with van der Waals surface area (Å²) in [5.41, 5.74) is 1.70. The van der Waals surface area contributed by atoms with Crippen LogP contribution in [-0.2, 0) is 0 Å². The molecule has 1 unspecified atom stereocenters. The fraction of sp³-hybridized carbons (Fsp3) is 0.500. The lowest BCUT2D eigenvalue weighted by atomic mass is 10.1. The summed E-state index contributed by atoms with van der Waals surface area (Å²) in [6, 6.07) is 3.15. The Morgan fingerprint density at radius 2 is 2.33 bits per heavy atom. The molecule has 1 atom stereocenters. The van der Waals surface area contributed by atoms with Crippen molar-refractivity contribution >= 4 is 23.0 Å². The molecule has 1 fully saturated rings. The van der Waals surface area contributed by atoms with Crippen molar-refractivity contribution < 1.29 is 10.0 Å². The summed E-state index contributed by atoms with van der Waals surface area (Å²) in [7, 11) is 0. The highest BCUT2D eigenvalue weighted by molar-refractivity contribution is 6.33. The molecule has 18 heavy (non-hydrogen) atoms. The van der Waals surface area contributed by atoms with Gasteiger partial charge in [-0.25, -0.2) is 0 Å². The molecule has 1 aromatic carbocycles. The summed E-state index contributed by atoms with van der Waals surface area (Å²) in [5, 5.41) is 20.1. The highest BCUT2D eigenvalue weighted by Crippen LogP contribution is 2.34. The zero-order valence-corrected chi connectivity index (χ0v) is 10.9. The standard InChI is InChI=1S/C12H15ClN2O3/c1-8-4-12(15(17)18)10(13)5-11(8)14-3-2-9(6-14)7-16/h4-5,9,16H,2-3,6-7H2,1H3. The summed E-state index contributed by atoms with van der Waals surface area (Å²) in [4.78, 5) is 12.4. The van der Waals surface area contributed by atoms with Crippen LogP contribution in [0.15, 0.2) is 12.1 Å². The van der Waals surface area contributed by atoms with Crippen LogP contribution >= 0.6 is 11.6 Å². The Morgan fingerprint density at radius 3 is 2.89 bits per heavy atom. The number of rotatable bonds is 3. The number of aliphatic hydroxyl groups excluding tert-OH is 1. The Balaban J connectivity index is 2.30. The molecular weight excluding hydrogens is 256 g/mol. The Labute approximate surface area is 110 Å². The average molecular weight is 271 g/mol. The molecule has 1 saturated heterocycles. The lowest BCUT2D eigenvalue weighted by Gasteiger charge is -2.21. The fourth-order valence-electron chi connectivity index (χ4n) is 2.34. The Hall–Kier alpha value is -1.33. The normalized spacial score (nSPS) is 19.3. The van der Waals surface area contributed by atoms with Crippen LogP contribution < -0.4 is 4.90 Å². The van der Waals surface area contributed by atoms with Crippen molar-refractivity contribution in [3.05, 3.63) is 32.8 Å². The summed E-state index contributed by atoms with van der Waals surface area (Å²) < 4.78 is 0. The van der Waals surface area contributed by atoms with Gasteiger partial charge in [-0.05, 0) is 25.0 Å². The number of hydrogen-bond donors (Lipinski definition) is 1. The molecule has 0 spiro atoms. The predicted octanol–water partition coefficient (Wildman–Crippen LogP) is 2.38. The summed E-state index contributed by atoms with van der Waals surface area (Å²) >= 11 is 5.93. The van der Waals surface area contributed by atoms with Gasteiger partial charge in [0, 0.05) is 37.4 Å². The number of hydrogen-bond acceptors (Lipinski definition) is 4. The molecular formula is C12H15ClN2O3. The van der Waals surface area contributed by atoms with E-state index in [1.165, 1.54) is 6.07 Å². The van der Waals surface area contributed by atoms with E-state index >= 15 is 0 Å². The van der Waals surface area contributed by atoms with E-state index in [1.807, 2.05) is 6.92 Å².